The van der Waals surface area contributed by atoms with Crippen molar-refractivity contribution in [3.63, 3.8) is 0 Å². The van der Waals surface area contributed by atoms with Crippen molar-refractivity contribution >= 4 is 34.7 Å². The van der Waals surface area contributed by atoms with E-state index in [4.69, 9.17) is 25.3 Å². The number of hydrazone groups is 1. The van der Waals surface area contributed by atoms with Crippen LogP contribution in [0.3, 0.4) is 0 Å². The first kappa shape index (κ1) is 21.8. The van der Waals surface area contributed by atoms with Crippen LogP contribution in [-0.2, 0) is 20.8 Å². The van der Waals surface area contributed by atoms with Crippen LogP contribution in [0.15, 0.2) is 34.6 Å². The highest BCUT2D eigenvalue weighted by Gasteiger charge is 2.37. The molecule has 3 aromatic heterocycles. The van der Waals surface area contributed by atoms with Crippen LogP contribution >= 0.6 is 0 Å². The number of H-pyrrole nitrogens is 1. The fraction of sp³-hybridized carbons (Fsp3) is 0.364. The first-order valence-electron chi connectivity index (χ1n) is 10.8. The van der Waals surface area contributed by atoms with E-state index in [9.17, 15) is 4.79 Å². The van der Waals surface area contributed by atoms with Gasteiger partial charge in [0.25, 0.3) is 0 Å². The molecule has 0 bridgehead atoms. The van der Waals surface area contributed by atoms with Gasteiger partial charge in [-0.05, 0) is 19.1 Å². The third kappa shape index (κ3) is 3.81. The fourth-order valence-electron chi connectivity index (χ4n) is 4.24. The van der Waals surface area contributed by atoms with Crippen LogP contribution in [-0.4, -0.2) is 76.8 Å². The van der Waals surface area contributed by atoms with Gasteiger partial charge in [0.2, 0.25) is 0 Å². The number of carbonyl (C=O) groups is 1. The minimum absolute atomic E-state index is 0.0513. The topological polar surface area (TPSA) is 153 Å². The summed E-state index contributed by atoms with van der Waals surface area (Å²) >= 11 is 0. The number of carbonyl (C=O) groups excluding carboxylic acids is 1. The Morgan fingerprint density at radius 3 is 3.06 bits per heavy atom. The lowest BCUT2D eigenvalue weighted by molar-refractivity contribution is -0.132. The summed E-state index contributed by atoms with van der Waals surface area (Å²) in [6, 6.07) is 3.98. The lowest BCUT2D eigenvalue weighted by Crippen LogP contribution is -2.56. The Kier molecular flexibility index (Phi) is 5.80. The van der Waals surface area contributed by atoms with E-state index in [-0.39, 0.29) is 24.3 Å². The number of methoxy groups -OCH3 is 1. The molecule has 5 heterocycles. The molecule has 0 radical (unpaired) electrons. The van der Waals surface area contributed by atoms with Crippen LogP contribution in [0.2, 0.25) is 0 Å². The van der Waals surface area contributed by atoms with Gasteiger partial charge in [0, 0.05) is 23.3 Å². The van der Waals surface area contributed by atoms with Crippen molar-refractivity contribution in [2.45, 2.75) is 25.6 Å². The van der Waals surface area contributed by atoms with Crippen molar-refractivity contribution in [2.75, 3.05) is 31.8 Å². The molecule has 2 atom stereocenters. The number of ether oxygens (including phenoxy) is 3. The number of aromatic amines is 1. The minimum atomic E-state index is -0.676. The van der Waals surface area contributed by atoms with Gasteiger partial charge in [-0.3, -0.25) is 4.99 Å². The number of aromatic nitrogens is 4. The summed E-state index contributed by atoms with van der Waals surface area (Å²) in [6.07, 6.45) is 4.81. The Labute approximate surface area is 194 Å². The molecule has 1 fully saturated rings. The smallest absolute Gasteiger partial charge is 0.360 e. The van der Waals surface area contributed by atoms with Gasteiger partial charge in [-0.1, -0.05) is 0 Å². The molecule has 0 aromatic carbocycles. The molecule has 0 amide bonds. The van der Waals surface area contributed by atoms with E-state index in [0.29, 0.717) is 42.9 Å². The normalized spacial score (nSPS) is 20.2. The number of nitrogens with one attached hydrogen (secondary N) is 1. The first-order valence-corrected chi connectivity index (χ1v) is 10.8. The van der Waals surface area contributed by atoms with Gasteiger partial charge >= 0.3 is 5.97 Å². The SMILES string of the molecule is COC(=O)C(C=NCc1nc(-c2ccnc3[nH]ccc23)nc2c1OCC1COC[C@@H](C)N21)=NN. The number of nitrogens with two attached hydrogens (primary N) is 1. The molecule has 1 saturated heterocycles. The zero-order valence-electron chi connectivity index (χ0n) is 18.8. The maximum absolute atomic E-state index is 11.7. The highest BCUT2D eigenvalue weighted by Crippen LogP contribution is 2.39. The Balaban J connectivity index is 1.61. The summed E-state index contributed by atoms with van der Waals surface area (Å²) in [5.41, 5.74) is 2.06. The van der Waals surface area contributed by atoms with Crippen molar-refractivity contribution < 1.29 is 19.0 Å². The van der Waals surface area contributed by atoms with Gasteiger partial charge in [-0.25, -0.2) is 19.7 Å². The van der Waals surface area contributed by atoms with Crippen molar-refractivity contribution in [3.05, 3.63) is 30.2 Å². The molecule has 5 rings (SSSR count). The molecule has 0 saturated carbocycles. The number of rotatable bonds is 5. The summed E-state index contributed by atoms with van der Waals surface area (Å²) in [4.78, 5) is 35.5. The molecule has 12 heteroatoms. The van der Waals surface area contributed by atoms with Gasteiger partial charge in [0.05, 0.1) is 45.2 Å². The Morgan fingerprint density at radius 2 is 2.24 bits per heavy atom. The maximum Gasteiger partial charge on any atom is 0.360 e. The second-order valence-corrected chi connectivity index (χ2v) is 7.98. The number of hydrogen-bond acceptors (Lipinski definition) is 11. The van der Waals surface area contributed by atoms with Crippen LogP contribution in [0.4, 0.5) is 5.82 Å². The average molecular weight is 464 g/mol. The van der Waals surface area contributed by atoms with Crippen LogP contribution in [0, 0.1) is 0 Å². The Morgan fingerprint density at radius 1 is 1.35 bits per heavy atom. The van der Waals surface area contributed by atoms with Crippen molar-refractivity contribution in [1.29, 1.82) is 0 Å². The standard InChI is InChI=1S/C22H24N8O4/c1-12-9-33-10-13-11-34-18-16(7-24-8-17(29-23)22(31)32-2)27-20(28-21(18)30(12)13)15-4-6-26-19-14(15)3-5-25-19/h3-6,8,12-13H,7,9-11,23H2,1-2H3,(H,25,26)/t12-,13?/m1/s1. The summed E-state index contributed by atoms with van der Waals surface area (Å²) in [5.74, 6) is 6.40. The molecule has 3 N–H and O–H groups in total. The Bertz CT molecular complexity index is 1290. The third-order valence-electron chi connectivity index (χ3n) is 5.81. The second kappa shape index (κ2) is 9.06. The summed E-state index contributed by atoms with van der Waals surface area (Å²) in [7, 11) is 1.25. The molecule has 0 aliphatic carbocycles. The maximum atomic E-state index is 11.7. The number of morpholine rings is 1. The van der Waals surface area contributed by atoms with Gasteiger partial charge < -0.3 is 29.9 Å². The van der Waals surface area contributed by atoms with E-state index >= 15 is 0 Å². The van der Waals surface area contributed by atoms with Gasteiger partial charge in [0.1, 0.15) is 17.9 Å². The predicted molar refractivity (Wildman–Crippen MR) is 125 cm³/mol. The van der Waals surface area contributed by atoms with E-state index < -0.39 is 5.97 Å². The number of aliphatic imine (C=N–C) groups is 1. The van der Waals surface area contributed by atoms with Crippen LogP contribution in [0.5, 0.6) is 5.75 Å². The summed E-state index contributed by atoms with van der Waals surface area (Å²) < 4.78 is 16.5. The van der Waals surface area contributed by atoms with Crippen LogP contribution in [0.25, 0.3) is 22.4 Å². The average Bonchev–Trinajstić information content (AvgIpc) is 3.35. The minimum Gasteiger partial charge on any atom is -0.486 e. The molecule has 2 aliphatic heterocycles. The van der Waals surface area contributed by atoms with Gasteiger partial charge in [-0.2, -0.15) is 5.10 Å². The lowest BCUT2D eigenvalue weighted by Gasteiger charge is -2.44. The highest BCUT2D eigenvalue weighted by atomic mass is 16.5. The molecule has 176 valence electrons. The number of esters is 1. The van der Waals surface area contributed by atoms with Gasteiger partial charge in [0.15, 0.2) is 23.1 Å². The predicted octanol–water partition coefficient (Wildman–Crippen LogP) is 1.06. The third-order valence-corrected chi connectivity index (χ3v) is 5.81. The molecular formula is C22H24N8O4. The molecular weight excluding hydrogens is 440 g/mol. The van der Waals surface area contributed by atoms with Crippen molar-refractivity contribution in [1.82, 2.24) is 19.9 Å². The molecule has 1 unspecified atom stereocenters. The zero-order valence-corrected chi connectivity index (χ0v) is 18.8. The Hall–Kier alpha value is -4.06. The number of hydrogen-bond donors (Lipinski definition) is 2. The zero-order chi connectivity index (χ0) is 23.7. The van der Waals surface area contributed by atoms with E-state index in [0.717, 1.165) is 16.6 Å². The quantitative estimate of drug-likeness (QED) is 0.244. The van der Waals surface area contributed by atoms with Crippen molar-refractivity contribution in [3.8, 4) is 17.1 Å². The molecule has 2 aliphatic rings. The van der Waals surface area contributed by atoms with Crippen molar-refractivity contribution in [2.24, 2.45) is 15.9 Å². The highest BCUT2D eigenvalue weighted by molar-refractivity contribution is 6.59. The molecule has 34 heavy (non-hydrogen) atoms. The lowest BCUT2D eigenvalue weighted by atomic mass is 10.1. The van der Waals surface area contributed by atoms with E-state index in [2.05, 4.69) is 36.6 Å². The van der Waals surface area contributed by atoms with Crippen LogP contribution < -0.4 is 15.5 Å². The van der Waals surface area contributed by atoms with Gasteiger partial charge in [-0.15, -0.1) is 0 Å². The monoisotopic (exact) mass is 464 g/mol. The largest absolute Gasteiger partial charge is 0.486 e. The second-order valence-electron chi connectivity index (χ2n) is 7.98. The molecule has 12 nitrogen and oxygen atoms in total. The summed E-state index contributed by atoms with van der Waals surface area (Å²) in [6.45, 7) is 3.82. The summed E-state index contributed by atoms with van der Waals surface area (Å²) in [5, 5.41) is 4.34. The van der Waals surface area contributed by atoms with E-state index in [1.165, 1.54) is 13.3 Å². The number of anilines is 1. The number of pyridine rings is 1. The number of fused-ring (bicyclic) bond motifs is 4. The molecule has 3 aromatic rings. The van der Waals surface area contributed by atoms with E-state index in [1.807, 2.05) is 18.3 Å². The number of nitrogens with zero attached hydrogens (tertiary/aromatic N) is 6. The van der Waals surface area contributed by atoms with E-state index in [1.54, 1.807) is 6.20 Å². The first-order chi connectivity index (χ1) is 16.6. The van der Waals surface area contributed by atoms with Crippen LogP contribution in [0.1, 0.15) is 12.6 Å². The molecule has 0 spiro atoms. The fourth-order valence-corrected chi connectivity index (χ4v) is 4.24.